The van der Waals surface area contributed by atoms with Crippen LogP contribution in [0.4, 0.5) is 0 Å². The van der Waals surface area contributed by atoms with Crippen LogP contribution in [0.3, 0.4) is 0 Å². The molecule has 1 aromatic rings. The third kappa shape index (κ3) is 2.47. The smallest absolute Gasteiger partial charge is 0.335 e. The first-order valence-electron chi connectivity index (χ1n) is 11.3. The van der Waals surface area contributed by atoms with Gasteiger partial charge in [0.2, 0.25) is 0 Å². The molecule has 0 saturated heterocycles. The van der Waals surface area contributed by atoms with E-state index >= 15 is 0 Å². The van der Waals surface area contributed by atoms with E-state index in [1.807, 2.05) is 6.07 Å². The largest absolute Gasteiger partial charge is 0.431 e. The first-order valence-corrected chi connectivity index (χ1v) is 11.3. The summed E-state index contributed by atoms with van der Waals surface area (Å²) in [4.78, 5) is 11.4. The van der Waals surface area contributed by atoms with Crippen LogP contribution in [0.1, 0.15) is 83.1 Å². The van der Waals surface area contributed by atoms with Gasteiger partial charge in [-0.25, -0.2) is 4.79 Å². The summed E-state index contributed by atoms with van der Waals surface area (Å²) < 4.78 is 5.15. The van der Waals surface area contributed by atoms with Crippen molar-refractivity contribution in [3.8, 4) is 0 Å². The van der Waals surface area contributed by atoms with Crippen molar-refractivity contribution in [1.82, 2.24) is 0 Å². The summed E-state index contributed by atoms with van der Waals surface area (Å²) in [6.07, 6.45) is 8.22. The van der Waals surface area contributed by atoms with Crippen LogP contribution < -0.4 is 5.63 Å². The summed E-state index contributed by atoms with van der Waals surface area (Å²) in [6, 6.07) is 3.35. The van der Waals surface area contributed by atoms with Crippen LogP contribution >= 0.6 is 0 Å². The monoisotopic (exact) mass is 402 g/mol. The maximum absolute atomic E-state index is 12.2. The molecule has 1 aromatic heterocycles. The Morgan fingerprint density at radius 2 is 1.66 bits per heavy atom. The third-order valence-electron chi connectivity index (χ3n) is 10.1. The minimum atomic E-state index is -0.823. The van der Waals surface area contributed by atoms with E-state index in [-0.39, 0.29) is 34.2 Å². The molecule has 4 fully saturated rings. The summed E-state index contributed by atoms with van der Waals surface area (Å²) in [5.74, 6) is 0.626. The van der Waals surface area contributed by atoms with Gasteiger partial charge in [-0.15, -0.1) is 0 Å². The number of hydrogen-bond acceptors (Lipinski definition) is 5. The average molecular weight is 403 g/mol. The zero-order valence-electron chi connectivity index (χ0n) is 17.6. The molecule has 0 aromatic carbocycles. The Hall–Kier alpha value is -1.17. The van der Waals surface area contributed by atoms with E-state index in [9.17, 15) is 20.1 Å². The van der Waals surface area contributed by atoms with Gasteiger partial charge in [-0.05, 0) is 86.2 Å². The van der Waals surface area contributed by atoms with E-state index in [0.29, 0.717) is 12.8 Å². The SMILES string of the molecule is C[C@]12CCC(O)CC1(O)CC[C@@H]1[C@@H]2CC[C@]2(C)[C@@H](c3ccc(=O)oc3)CC[C@]12O. The van der Waals surface area contributed by atoms with Crippen LogP contribution in [0.15, 0.2) is 27.6 Å². The maximum atomic E-state index is 12.2. The Bertz CT molecular complexity index is 845. The van der Waals surface area contributed by atoms with Crippen molar-refractivity contribution in [2.24, 2.45) is 22.7 Å². The van der Waals surface area contributed by atoms with E-state index in [0.717, 1.165) is 50.5 Å². The van der Waals surface area contributed by atoms with Crippen molar-refractivity contribution in [3.05, 3.63) is 34.4 Å². The van der Waals surface area contributed by atoms with E-state index in [2.05, 4.69) is 13.8 Å². The predicted molar refractivity (Wildman–Crippen MR) is 108 cm³/mol. The first kappa shape index (κ1) is 19.8. The van der Waals surface area contributed by atoms with Gasteiger partial charge < -0.3 is 19.7 Å². The summed E-state index contributed by atoms with van der Waals surface area (Å²) in [6.45, 7) is 4.43. The summed E-state index contributed by atoms with van der Waals surface area (Å²) in [5.41, 5.74) is -1.41. The molecule has 5 nitrogen and oxygen atoms in total. The molecule has 0 radical (unpaired) electrons. The van der Waals surface area contributed by atoms with Gasteiger partial charge in [0.1, 0.15) is 0 Å². The van der Waals surface area contributed by atoms with Crippen molar-refractivity contribution in [2.45, 2.75) is 94.9 Å². The standard InChI is InChI=1S/C24H34O5/c1-21-9-5-16(25)13-23(21,27)11-7-19-18(21)6-10-22(2)17(8-12-24(19,22)28)15-3-4-20(26)29-14-15/h3-4,14,16-19,25,27-28H,5-13H2,1-2H3/t16?,17-,18+,19-,21-,22-,23?,24+/m1/s1. The van der Waals surface area contributed by atoms with Crippen molar-refractivity contribution in [3.63, 3.8) is 0 Å². The highest BCUT2D eigenvalue weighted by Gasteiger charge is 2.69. The first-order chi connectivity index (χ1) is 13.6. The molecule has 29 heavy (non-hydrogen) atoms. The fourth-order valence-corrected chi connectivity index (χ4v) is 8.30. The van der Waals surface area contributed by atoms with Gasteiger partial charge in [0.15, 0.2) is 0 Å². The zero-order valence-corrected chi connectivity index (χ0v) is 17.6. The van der Waals surface area contributed by atoms with Gasteiger partial charge in [-0.1, -0.05) is 13.8 Å². The molecule has 8 atom stereocenters. The van der Waals surface area contributed by atoms with E-state index < -0.39 is 17.3 Å². The molecule has 5 rings (SSSR count). The normalized spacial score (nSPS) is 51.8. The zero-order chi connectivity index (χ0) is 20.7. The van der Waals surface area contributed by atoms with Crippen molar-refractivity contribution in [1.29, 1.82) is 0 Å². The highest BCUT2D eigenvalue weighted by atomic mass is 16.4. The highest BCUT2D eigenvalue weighted by Crippen LogP contribution is 2.71. The van der Waals surface area contributed by atoms with Gasteiger partial charge in [0, 0.05) is 17.9 Å². The Kier molecular flexibility index (Phi) is 4.21. The number of aliphatic hydroxyl groups is 3. The molecule has 4 saturated carbocycles. The molecule has 0 aliphatic heterocycles. The van der Waals surface area contributed by atoms with Gasteiger partial charge in [-0.3, -0.25) is 0 Å². The van der Waals surface area contributed by atoms with Crippen LogP contribution in [0.2, 0.25) is 0 Å². The lowest BCUT2D eigenvalue weighted by molar-refractivity contribution is -0.253. The van der Waals surface area contributed by atoms with E-state index in [1.54, 1.807) is 6.26 Å². The summed E-state index contributed by atoms with van der Waals surface area (Å²) in [7, 11) is 0. The van der Waals surface area contributed by atoms with Crippen LogP contribution in [0, 0.1) is 22.7 Å². The fraction of sp³-hybridized carbons (Fsp3) is 0.792. The lowest BCUT2D eigenvalue weighted by Crippen LogP contribution is -2.67. The van der Waals surface area contributed by atoms with Crippen LogP contribution in [0.5, 0.6) is 0 Å². The summed E-state index contributed by atoms with van der Waals surface area (Å²) in [5, 5.41) is 33.9. The fourth-order valence-electron chi connectivity index (χ4n) is 8.30. The minimum Gasteiger partial charge on any atom is -0.431 e. The van der Waals surface area contributed by atoms with Gasteiger partial charge >= 0.3 is 5.63 Å². The molecule has 1 heterocycles. The lowest BCUT2D eigenvalue weighted by atomic mass is 9.42. The number of rotatable bonds is 1. The summed E-state index contributed by atoms with van der Waals surface area (Å²) >= 11 is 0. The number of aliphatic hydroxyl groups excluding tert-OH is 1. The Labute approximate surface area is 172 Å². The second kappa shape index (κ2) is 6.18. The lowest BCUT2D eigenvalue weighted by Gasteiger charge is -2.66. The minimum absolute atomic E-state index is 0.169. The predicted octanol–water partition coefficient (Wildman–Crippen LogP) is 3.36. The maximum Gasteiger partial charge on any atom is 0.335 e. The molecule has 0 spiro atoms. The molecule has 0 amide bonds. The van der Waals surface area contributed by atoms with E-state index in [4.69, 9.17) is 4.42 Å². The molecule has 0 bridgehead atoms. The number of fused-ring (bicyclic) bond motifs is 5. The molecule has 160 valence electrons. The molecule has 3 N–H and O–H groups in total. The van der Waals surface area contributed by atoms with Gasteiger partial charge in [-0.2, -0.15) is 0 Å². The van der Waals surface area contributed by atoms with Crippen molar-refractivity contribution in [2.75, 3.05) is 0 Å². The topological polar surface area (TPSA) is 90.9 Å². The van der Waals surface area contributed by atoms with Crippen LogP contribution in [-0.2, 0) is 0 Å². The molecule has 4 aliphatic carbocycles. The van der Waals surface area contributed by atoms with Gasteiger partial charge in [0.05, 0.1) is 23.6 Å². The average Bonchev–Trinajstić information content (AvgIpc) is 2.95. The number of hydrogen-bond donors (Lipinski definition) is 3. The molecular formula is C24H34O5. The Morgan fingerprint density at radius 1 is 0.931 bits per heavy atom. The quantitative estimate of drug-likeness (QED) is 0.670. The van der Waals surface area contributed by atoms with Crippen LogP contribution in [-0.4, -0.2) is 32.6 Å². The second-order valence-electron chi connectivity index (χ2n) is 11.0. The Morgan fingerprint density at radius 3 is 2.38 bits per heavy atom. The Balaban J connectivity index is 1.50. The molecule has 2 unspecified atom stereocenters. The molecule has 4 aliphatic rings. The van der Waals surface area contributed by atoms with E-state index in [1.165, 1.54) is 6.07 Å². The van der Waals surface area contributed by atoms with Crippen molar-refractivity contribution < 1.29 is 19.7 Å². The second-order valence-corrected chi connectivity index (χ2v) is 11.0. The highest BCUT2D eigenvalue weighted by molar-refractivity contribution is 5.27. The molecule has 5 heteroatoms. The third-order valence-corrected chi connectivity index (χ3v) is 10.1. The van der Waals surface area contributed by atoms with Crippen LogP contribution in [0.25, 0.3) is 0 Å². The van der Waals surface area contributed by atoms with Crippen molar-refractivity contribution >= 4 is 0 Å². The molecular weight excluding hydrogens is 368 g/mol. The van der Waals surface area contributed by atoms with Gasteiger partial charge in [0.25, 0.3) is 0 Å².